The van der Waals surface area contributed by atoms with Crippen molar-refractivity contribution in [3.63, 3.8) is 0 Å². The van der Waals surface area contributed by atoms with Crippen molar-refractivity contribution in [3.05, 3.63) is 66.2 Å². The number of anilines is 1. The normalized spacial score (nSPS) is 14.5. The Hall–Kier alpha value is -3.59. The smallest absolute Gasteiger partial charge is 0.265 e. The van der Waals surface area contributed by atoms with Crippen LogP contribution in [-0.4, -0.2) is 51.9 Å². The lowest BCUT2D eigenvalue weighted by Gasteiger charge is -2.29. The molecule has 0 aliphatic carbocycles. The van der Waals surface area contributed by atoms with E-state index in [-0.39, 0.29) is 31.3 Å². The standard InChI is InChI=1S/C26H29N3O5S/c1-18(26(31)27-2)28(17-19-12-14-21(34-3)15-13-19)24(30)11-6-16-29-22-9-4-7-20-8-5-10-23(25(20)22)35(29,32)33/h4-5,7-10,12-15,18H,6,11,16-17H2,1-3H3,(H,27,31)/t18-/m1/s1. The van der Waals surface area contributed by atoms with Crippen molar-refractivity contribution >= 4 is 38.3 Å². The summed E-state index contributed by atoms with van der Waals surface area (Å²) in [5, 5.41) is 4.18. The first kappa shape index (κ1) is 24.5. The highest BCUT2D eigenvalue weighted by Crippen LogP contribution is 2.42. The zero-order valence-electron chi connectivity index (χ0n) is 20.0. The number of methoxy groups -OCH3 is 1. The second-order valence-electron chi connectivity index (χ2n) is 8.47. The van der Waals surface area contributed by atoms with Crippen molar-refractivity contribution in [1.82, 2.24) is 10.2 Å². The van der Waals surface area contributed by atoms with Crippen molar-refractivity contribution in [1.29, 1.82) is 0 Å². The van der Waals surface area contributed by atoms with Crippen LogP contribution in [0, 0.1) is 0 Å². The summed E-state index contributed by atoms with van der Waals surface area (Å²) in [4.78, 5) is 27.4. The average molecular weight is 496 g/mol. The van der Waals surface area contributed by atoms with Crippen molar-refractivity contribution in [3.8, 4) is 5.75 Å². The molecular formula is C26H29N3O5S. The summed E-state index contributed by atoms with van der Waals surface area (Å²) in [6.07, 6.45) is 0.428. The first-order chi connectivity index (χ1) is 16.8. The van der Waals surface area contributed by atoms with Crippen LogP contribution in [0.25, 0.3) is 10.8 Å². The average Bonchev–Trinajstić information content (AvgIpc) is 3.09. The molecule has 3 aromatic rings. The molecule has 1 aliphatic heterocycles. The van der Waals surface area contributed by atoms with Crippen LogP contribution >= 0.6 is 0 Å². The summed E-state index contributed by atoms with van der Waals surface area (Å²) in [6.45, 7) is 2.11. The summed E-state index contributed by atoms with van der Waals surface area (Å²) >= 11 is 0. The van der Waals surface area contributed by atoms with Crippen LogP contribution in [-0.2, 0) is 26.2 Å². The molecule has 0 radical (unpaired) electrons. The van der Waals surface area contributed by atoms with E-state index >= 15 is 0 Å². The zero-order chi connectivity index (χ0) is 25.2. The van der Waals surface area contributed by atoms with Gasteiger partial charge in [-0.15, -0.1) is 0 Å². The lowest BCUT2D eigenvalue weighted by molar-refractivity contribution is -0.140. The van der Waals surface area contributed by atoms with E-state index in [0.29, 0.717) is 22.8 Å². The molecule has 0 bridgehead atoms. The monoisotopic (exact) mass is 495 g/mol. The number of hydrogen-bond acceptors (Lipinski definition) is 5. The van der Waals surface area contributed by atoms with E-state index in [4.69, 9.17) is 4.74 Å². The highest BCUT2D eigenvalue weighted by Gasteiger charge is 2.35. The highest BCUT2D eigenvalue weighted by atomic mass is 32.2. The second-order valence-corrected chi connectivity index (χ2v) is 10.3. The van der Waals surface area contributed by atoms with Gasteiger partial charge in [0.15, 0.2) is 0 Å². The summed E-state index contributed by atoms with van der Waals surface area (Å²) in [7, 11) is -0.559. The van der Waals surface area contributed by atoms with E-state index in [1.165, 1.54) is 16.3 Å². The molecule has 0 fully saturated rings. The van der Waals surface area contributed by atoms with Gasteiger partial charge in [0.25, 0.3) is 10.0 Å². The molecule has 0 saturated heterocycles. The van der Waals surface area contributed by atoms with Gasteiger partial charge in [-0.2, -0.15) is 0 Å². The molecule has 1 atom stereocenters. The molecule has 3 aromatic carbocycles. The van der Waals surface area contributed by atoms with E-state index in [1.54, 1.807) is 44.4 Å². The maximum atomic E-state index is 13.2. The van der Waals surface area contributed by atoms with Gasteiger partial charge in [-0.25, -0.2) is 8.42 Å². The molecule has 0 saturated carbocycles. The molecular weight excluding hydrogens is 466 g/mol. The summed E-state index contributed by atoms with van der Waals surface area (Å²) in [5.74, 6) is 0.217. The van der Waals surface area contributed by atoms with E-state index in [1.807, 2.05) is 30.3 Å². The quantitative estimate of drug-likeness (QED) is 0.491. The Morgan fingerprint density at radius 3 is 2.40 bits per heavy atom. The third-order valence-electron chi connectivity index (χ3n) is 6.36. The van der Waals surface area contributed by atoms with Crippen molar-refractivity contribution in [2.75, 3.05) is 25.0 Å². The third-order valence-corrected chi connectivity index (χ3v) is 8.21. The van der Waals surface area contributed by atoms with Crippen LogP contribution < -0.4 is 14.4 Å². The highest BCUT2D eigenvalue weighted by molar-refractivity contribution is 7.93. The number of benzene rings is 3. The SMILES string of the molecule is CNC(=O)[C@@H](C)N(Cc1ccc(OC)cc1)C(=O)CCCN1c2cccc3cccc(c23)S1(=O)=O. The molecule has 8 nitrogen and oxygen atoms in total. The first-order valence-electron chi connectivity index (χ1n) is 11.5. The van der Waals surface area contributed by atoms with Gasteiger partial charge >= 0.3 is 0 Å². The van der Waals surface area contributed by atoms with Gasteiger partial charge < -0.3 is 15.0 Å². The molecule has 9 heteroatoms. The number of hydrogen-bond donors (Lipinski definition) is 1. The fraction of sp³-hybridized carbons (Fsp3) is 0.308. The maximum Gasteiger partial charge on any atom is 0.265 e. The number of amides is 2. The van der Waals surface area contributed by atoms with Crippen LogP contribution in [0.3, 0.4) is 0 Å². The second kappa shape index (κ2) is 9.95. The minimum atomic E-state index is -3.67. The van der Waals surface area contributed by atoms with Crippen LogP contribution in [0.2, 0.25) is 0 Å². The number of rotatable bonds is 9. The Kier molecular flexibility index (Phi) is 6.98. The van der Waals surface area contributed by atoms with Gasteiger partial charge in [-0.3, -0.25) is 13.9 Å². The number of nitrogens with one attached hydrogen (secondary N) is 1. The van der Waals surface area contributed by atoms with E-state index in [0.717, 1.165) is 16.3 Å². The Bertz CT molecular complexity index is 1350. The van der Waals surface area contributed by atoms with Crippen molar-refractivity contribution in [2.45, 2.75) is 37.2 Å². The molecule has 184 valence electrons. The topological polar surface area (TPSA) is 96.0 Å². The minimum Gasteiger partial charge on any atom is -0.497 e. The van der Waals surface area contributed by atoms with Crippen LogP contribution in [0.4, 0.5) is 5.69 Å². The Morgan fingerprint density at radius 1 is 1.06 bits per heavy atom. The molecule has 0 unspecified atom stereocenters. The molecule has 0 spiro atoms. The maximum absolute atomic E-state index is 13.2. The lowest BCUT2D eigenvalue weighted by atomic mass is 10.1. The number of likely N-dealkylation sites (N-methyl/N-ethyl adjacent to an activating group) is 1. The first-order valence-corrected chi connectivity index (χ1v) is 12.9. The summed E-state index contributed by atoms with van der Waals surface area (Å²) < 4.78 is 32.9. The summed E-state index contributed by atoms with van der Waals surface area (Å²) in [6, 6.07) is 17.4. The zero-order valence-corrected chi connectivity index (χ0v) is 20.8. The van der Waals surface area contributed by atoms with Crippen LogP contribution in [0.1, 0.15) is 25.3 Å². The molecule has 1 N–H and O–H groups in total. The Balaban J connectivity index is 1.49. The summed E-state index contributed by atoms with van der Waals surface area (Å²) in [5.41, 5.74) is 1.50. The van der Waals surface area contributed by atoms with E-state index in [9.17, 15) is 18.0 Å². The fourth-order valence-electron chi connectivity index (χ4n) is 4.44. The van der Waals surface area contributed by atoms with E-state index < -0.39 is 16.1 Å². The largest absolute Gasteiger partial charge is 0.497 e. The molecule has 4 rings (SSSR count). The predicted octanol–water partition coefficient (Wildman–Crippen LogP) is 3.30. The molecule has 0 aromatic heterocycles. The van der Waals surface area contributed by atoms with Crippen LogP contribution in [0.5, 0.6) is 5.75 Å². The molecule has 1 heterocycles. The van der Waals surface area contributed by atoms with E-state index in [2.05, 4.69) is 5.32 Å². The van der Waals surface area contributed by atoms with Gasteiger partial charge in [0.1, 0.15) is 11.8 Å². The van der Waals surface area contributed by atoms with Crippen LogP contribution in [0.15, 0.2) is 65.6 Å². The Morgan fingerprint density at radius 2 is 1.74 bits per heavy atom. The van der Waals surface area contributed by atoms with Gasteiger partial charge in [-0.05, 0) is 48.6 Å². The fourth-order valence-corrected chi connectivity index (χ4v) is 6.18. The van der Waals surface area contributed by atoms with Gasteiger partial charge in [-0.1, -0.05) is 36.4 Å². The number of nitrogens with zero attached hydrogens (tertiary/aromatic N) is 2. The molecule has 2 amide bonds. The van der Waals surface area contributed by atoms with Gasteiger partial charge in [0, 0.05) is 31.9 Å². The van der Waals surface area contributed by atoms with Crippen molar-refractivity contribution in [2.24, 2.45) is 0 Å². The number of carbonyl (C=O) groups is 2. The van der Waals surface area contributed by atoms with Gasteiger partial charge in [0.2, 0.25) is 11.8 Å². The minimum absolute atomic E-state index is 0.107. The third kappa shape index (κ3) is 4.68. The van der Waals surface area contributed by atoms with Crippen molar-refractivity contribution < 1.29 is 22.7 Å². The molecule has 1 aliphatic rings. The lowest BCUT2D eigenvalue weighted by Crippen LogP contribution is -2.46. The predicted molar refractivity (Wildman–Crippen MR) is 135 cm³/mol. The Labute approximate surface area is 205 Å². The number of carbonyl (C=O) groups excluding carboxylic acids is 2. The molecule has 35 heavy (non-hydrogen) atoms. The number of ether oxygens (including phenoxy) is 1. The number of sulfonamides is 1. The van der Waals surface area contributed by atoms with Gasteiger partial charge in [0.05, 0.1) is 17.7 Å².